The third-order valence-corrected chi connectivity index (χ3v) is 3.43. The summed E-state index contributed by atoms with van der Waals surface area (Å²) in [6, 6.07) is 12.1. The van der Waals surface area contributed by atoms with Crippen molar-refractivity contribution < 1.29 is 18.3 Å². The van der Waals surface area contributed by atoms with Crippen molar-refractivity contribution in [3.8, 4) is 5.75 Å². The third kappa shape index (κ3) is 3.48. The minimum Gasteiger partial charge on any atom is -0.481 e. The van der Waals surface area contributed by atoms with Crippen LogP contribution in [0.3, 0.4) is 0 Å². The molecule has 3 rings (SSSR count). The van der Waals surface area contributed by atoms with Gasteiger partial charge in [-0.15, -0.1) is 10.2 Å². The van der Waals surface area contributed by atoms with Gasteiger partial charge < -0.3 is 9.15 Å². The molecule has 0 saturated heterocycles. The number of hydrogen-bond donors (Lipinski definition) is 0. The topological polar surface area (TPSA) is 65.2 Å². The summed E-state index contributed by atoms with van der Waals surface area (Å²) in [4.78, 5) is 12.3. The number of halogens is 1. The molecule has 0 radical (unpaired) electrons. The van der Waals surface area contributed by atoms with Gasteiger partial charge in [-0.25, -0.2) is 4.39 Å². The highest BCUT2D eigenvalue weighted by molar-refractivity contribution is 6.08. The Kier molecular flexibility index (Phi) is 4.37. The van der Waals surface area contributed by atoms with Crippen molar-refractivity contribution in [2.75, 3.05) is 0 Å². The molecule has 0 bridgehead atoms. The highest BCUT2D eigenvalue weighted by Crippen LogP contribution is 2.22. The van der Waals surface area contributed by atoms with Gasteiger partial charge in [0.15, 0.2) is 11.9 Å². The molecule has 1 unspecified atom stereocenters. The van der Waals surface area contributed by atoms with Gasteiger partial charge >= 0.3 is 0 Å². The number of ketones is 1. The predicted octanol–water partition coefficient (Wildman–Crippen LogP) is 3.89. The molecule has 5 nitrogen and oxygen atoms in total. The maximum atomic E-state index is 12.9. The Morgan fingerprint density at radius 2 is 1.62 bits per heavy atom. The van der Waals surface area contributed by atoms with E-state index in [2.05, 4.69) is 10.2 Å². The van der Waals surface area contributed by atoms with E-state index in [1.165, 1.54) is 24.3 Å². The quantitative estimate of drug-likeness (QED) is 0.666. The smallest absolute Gasteiger partial charge is 0.256 e. The van der Waals surface area contributed by atoms with Gasteiger partial charge in [0.2, 0.25) is 5.89 Å². The first-order chi connectivity index (χ1) is 11.5. The zero-order valence-corrected chi connectivity index (χ0v) is 13.2. The molecule has 3 aromatic rings. The molecule has 1 heterocycles. The Hall–Kier alpha value is -3.02. The van der Waals surface area contributed by atoms with Gasteiger partial charge in [-0.2, -0.15) is 0 Å². The Morgan fingerprint density at radius 1 is 1.04 bits per heavy atom. The lowest BCUT2D eigenvalue weighted by atomic mass is 10.0. The monoisotopic (exact) mass is 326 g/mol. The maximum Gasteiger partial charge on any atom is 0.256 e. The van der Waals surface area contributed by atoms with Gasteiger partial charge in [0.05, 0.1) is 0 Å². The molecule has 2 aromatic carbocycles. The first-order valence-electron chi connectivity index (χ1n) is 7.40. The lowest BCUT2D eigenvalue weighted by Gasteiger charge is -2.11. The van der Waals surface area contributed by atoms with Crippen LogP contribution in [0.4, 0.5) is 4.39 Å². The number of benzene rings is 2. The first kappa shape index (κ1) is 15.9. The van der Waals surface area contributed by atoms with Gasteiger partial charge in [0.25, 0.3) is 5.89 Å². The highest BCUT2D eigenvalue weighted by atomic mass is 19.1. The van der Waals surface area contributed by atoms with Gasteiger partial charge in [-0.3, -0.25) is 4.79 Å². The molecule has 6 heteroatoms. The van der Waals surface area contributed by atoms with Crippen LogP contribution in [0.5, 0.6) is 5.75 Å². The normalized spacial score (nSPS) is 12.0. The lowest BCUT2D eigenvalue weighted by Crippen LogP contribution is -2.05. The molecule has 0 fully saturated rings. The number of aryl methyl sites for hydroxylation is 1. The van der Waals surface area contributed by atoms with Crippen molar-refractivity contribution in [1.82, 2.24) is 10.2 Å². The Labute approximate surface area is 138 Å². The van der Waals surface area contributed by atoms with Crippen molar-refractivity contribution in [3.63, 3.8) is 0 Å². The van der Waals surface area contributed by atoms with Crippen molar-refractivity contribution in [2.24, 2.45) is 0 Å². The van der Waals surface area contributed by atoms with Crippen molar-refractivity contribution >= 4 is 5.78 Å². The molecular formula is C18H15FN2O3. The summed E-state index contributed by atoms with van der Waals surface area (Å²) < 4.78 is 24.0. The number of nitrogens with zero attached hydrogens (tertiary/aromatic N) is 2. The SMILES string of the molecule is Cc1nnc(C(C)Oc2ccc(C(=O)c3ccc(F)cc3)cc2)o1. The number of hydrogen-bond acceptors (Lipinski definition) is 5. The molecule has 0 amide bonds. The number of rotatable bonds is 5. The van der Waals surface area contributed by atoms with E-state index in [-0.39, 0.29) is 11.6 Å². The van der Waals surface area contributed by atoms with E-state index in [1.807, 2.05) is 0 Å². The van der Waals surface area contributed by atoms with Crippen LogP contribution in [0.2, 0.25) is 0 Å². The summed E-state index contributed by atoms with van der Waals surface area (Å²) in [7, 11) is 0. The molecule has 0 spiro atoms. The molecule has 0 saturated carbocycles. The van der Waals surface area contributed by atoms with Gasteiger partial charge in [-0.05, 0) is 55.5 Å². The molecule has 0 aliphatic carbocycles. The minimum absolute atomic E-state index is 0.179. The fourth-order valence-electron chi connectivity index (χ4n) is 2.18. The summed E-state index contributed by atoms with van der Waals surface area (Å²) in [5.74, 6) is 0.885. The van der Waals surface area contributed by atoms with Crippen LogP contribution >= 0.6 is 0 Å². The van der Waals surface area contributed by atoms with E-state index < -0.39 is 6.10 Å². The molecule has 0 aliphatic rings. The largest absolute Gasteiger partial charge is 0.481 e. The second kappa shape index (κ2) is 6.62. The summed E-state index contributed by atoms with van der Waals surface area (Å²) >= 11 is 0. The van der Waals surface area contributed by atoms with Crippen LogP contribution in [0.15, 0.2) is 52.9 Å². The second-order valence-electron chi connectivity index (χ2n) is 5.28. The van der Waals surface area contributed by atoms with Crippen LogP contribution in [0.1, 0.15) is 40.7 Å². The number of ether oxygens (including phenoxy) is 1. The number of aromatic nitrogens is 2. The first-order valence-corrected chi connectivity index (χ1v) is 7.40. The highest BCUT2D eigenvalue weighted by Gasteiger charge is 2.15. The number of carbonyl (C=O) groups is 1. The summed E-state index contributed by atoms with van der Waals surface area (Å²) in [5, 5.41) is 7.67. The van der Waals surface area contributed by atoms with E-state index in [1.54, 1.807) is 38.1 Å². The van der Waals surface area contributed by atoms with Crippen molar-refractivity contribution in [1.29, 1.82) is 0 Å². The van der Waals surface area contributed by atoms with E-state index in [0.717, 1.165) is 0 Å². The van der Waals surface area contributed by atoms with Gasteiger partial charge in [0, 0.05) is 18.1 Å². The Balaban J connectivity index is 1.71. The molecule has 1 atom stereocenters. The van der Waals surface area contributed by atoms with E-state index in [9.17, 15) is 9.18 Å². The average molecular weight is 326 g/mol. The third-order valence-electron chi connectivity index (χ3n) is 3.43. The van der Waals surface area contributed by atoms with E-state index in [4.69, 9.17) is 9.15 Å². The molecule has 0 aliphatic heterocycles. The summed E-state index contributed by atoms with van der Waals surface area (Å²) in [6.45, 7) is 3.50. The van der Waals surface area contributed by atoms with Crippen LogP contribution in [0, 0.1) is 12.7 Å². The lowest BCUT2D eigenvalue weighted by molar-refractivity contribution is 0.103. The zero-order valence-electron chi connectivity index (χ0n) is 13.2. The van der Waals surface area contributed by atoms with Crippen LogP contribution in [-0.2, 0) is 0 Å². The average Bonchev–Trinajstić information content (AvgIpc) is 3.02. The molecular weight excluding hydrogens is 311 g/mol. The molecule has 122 valence electrons. The Bertz CT molecular complexity index is 841. The Morgan fingerprint density at radius 3 is 2.17 bits per heavy atom. The molecule has 24 heavy (non-hydrogen) atoms. The standard InChI is InChI=1S/C18H15FN2O3/c1-11(18-21-20-12(2)24-18)23-16-9-5-14(6-10-16)17(22)13-3-7-15(19)8-4-13/h3-11H,1-2H3. The van der Waals surface area contributed by atoms with Crippen molar-refractivity contribution in [3.05, 3.63) is 77.3 Å². The van der Waals surface area contributed by atoms with Crippen LogP contribution in [0.25, 0.3) is 0 Å². The second-order valence-corrected chi connectivity index (χ2v) is 5.28. The van der Waals surface area contributed by atoms with Gasteiger partial charge in [-0.1, -0.05) is 0 Å². The van der Waals surface area contributed by atoms with Crippen LogP contribution < -0.4 is 4.74 Å². The zero-order chi connectivity index (χ0) is 17.1. The van der Waals surface area contributed by atoms with E-state index >= 15 is 0 Å². The summed E-state index contributed by atoms with van der Waals surface area (Å²) in [6.07, 6.45) is -0.398. The minimum atomic E-state index is -0.398. The fraction of sp³-hybridized carbons (Fsp3) is 0.167. The predicted molar refractivity (Wildman–Crippen MR) is 84.4 cm³/mol. The maximum absolute atomic E-state index is 12.9. The van der Waals surface area contributed by atoms with Crippen LogP contribution in [-0.4, -0.2) is 16.0 Å². The number of carbonyl (C=O) groups excluding carboxylic acids is 1. The van der Waals surface area contributed by atoms with E-state index in [0.29, 0.717) is 28.7 Å². The fourth-order valence-corrected chi connectivity index (χ4v) is 2.18. The molecule has 0 N–H and O–H groups in total. The van der Waals surface area contributed by atoms with Crippen molar-refractivity contribution in [2.45, 2.75) is 20.0 Å². The summed E-state index contributed by atoms with van der Waals surface area (Å²) in [5.41, 5.74) is 0.926. The van der Waals surface area contributed by atoms with Gasteiger partial charge in [0.1, 0.15) is 11.6 Å². The molecule has 1 aromatic heterocycles.